The zero-order valence-corrected chi connectivity index (χ0v) is 21.3. The molecule has 3 amide bonds. The van der Waals surface area contributed by atoms with Crippen LogP contribution in [0.4, 0.5) is 4.79 Å². The normalized spacial score (nSPS) is 13.7. The number of aliphatic hydroxyl groups is 1. The quantitative estimate of drug-likeness (QED) is 0.447. The van der Waals surface area contributed by atoms with Crippen LogP contribution >= 0.6 is 0 Å². The van der Waals surface area contributed by atoms with Crippen LogP contribution in [0.15, 0.2) is 18.2 Å². The number of aliphatic hydroxyl groups excluding tert-OH is 1. The average Bonchev–Trinajstić information content (AvgIpc) is 2.71. The summed E-state index contributed by atoms with van der Waals surface area (Å²) in [5.41, 5.74) is 1.34. The molecule has 1 aromatic carbocycles. The fourth-order valence-electron chi connectivity index (χ4n) is 3.72. The van der Waals surface area contributed by atoms with Gasteiger partial charge in [-0.2, -0.15) is 5.26 Å². The third-order valence-electron chi connectivity index (χ3n) is 5.18. The number of alkyl carbamates (subject to hydrolysis) is 1. The monoisotopic (exact) mass is 474 g/mol. The van der Waals surface area contributed by atoms with Gasteiger partial charge in [-0.3, -0.25) is 9.59 Å². The molecule has 9 nitrogen and oxygen atoms in total. The molecule has 0 fully saturated rings. The van der Waals surface area contributed by atoms with E-state index in [0.29, 0.717) is 5.56 Å². The Kier molecular flexibility index (Phi) is 11.0. The summed E-state index contributed by atoms with van der Waals surface area (Å²) in [5.74, 6) is -1.20. The highest BCUT2D eigenvalue weighted by Gasteiger charge is 2.37. The summed E-state index contributed by atoms with van der Waals surface area (Å²) in [6, 6.07) is 4.79. The minimum Gasteiger partial charge on any atom is -0.444 e. The highest BCUT2D eigenvalue weighted by atomic mass is 16.6. The van der Waals surface area contributed by atoms with Crippen molar-refractivity contribution in [3.63, 3.8) is 0 Å². The average molecular weight is 475 g/mol. The van der Waals surface area contributed by atoms with Crippen molar-refractivity contribution >= 4 is 17.9 Å². The zero-order chi connectivity index (χ0) is 26.1. The topological polar surface area (TPSA) is 132 Å². The highest BCUT2D eigenvalue weighted by molar-refractivity contribution is 5.93. The Balaban J connectivity index is 3.45. The van der Waals surface area contributed by atoms with Crippen LogP contribution < -0.4 is 10.6 Å². The molecule has 0 bridgehead atoms. The molecular weight excluding hydrogens is 436 g/mol. The van der Waals surface area contributed by atoms with E-state index in [1.165, 1.54) is 0 Å². The first kappa shape index (κ1) is 28.9. The van der Waals surface area contributed by atoms with Crippen LogP contribution in [0.1, 0.15) is 70.2 Å². The summed E-state index contributed by atoms with van der Waals surface area (Å²) in [5, 5.41) is 24.7. The van der Waals surface area contributed by atoms with E-state index in [1.807, 2.05) is 52.0 Å². The Bertz CT molecular complexity index is 883. The van der Waals surface area contributed by atoms with Gasteiger partial charge >= 0.3 is 6.09 Å². The number of hydrogen-bond acceptors (Lipinski definition) is 6. The lowest BCUT2D eigenvalue weighted by molar-refractivity contribution is -0.142. The number of nitrogens with one attached hydrogen (secondary N) is 2. The number of hydrogen-bond donors (Lipinski definition) is 3. The molecule has 3 N–H and O–H groups in total. The third-order valence-corrected chi connectivity index (χ3v) is 5.18. The number of nitrogens with zero attached hydrogens (tertiary/aromatic N) is 2. The number of ether oxygens (including phenoxy) is 1. The lowest BCUT2D eigenvalue weighted by atomic mass is 9.93. The molecule has 1 rings (SSSR count). The number of nitriles is 1. The lowest BCUT2D eigenvalue weighted by Crippen LogP contribution is -2.55. The van der Waals surface area contributed by atoms with Crippen molar-refractivity contribution in [3.8, 4) is 6.07 Å². The molecule has 0 aromatic heterocycles. The molecule has 0 saturated heterocycles. The second-order valence-corrected chi connectivity index (χ2v) is 9.41. The number of carbonyl (C=O) groups excluding carboxylic acids is 3. The van der Waals surface area contributed by atoms with E-state index < -0.39 is 48.7 Å². The Hall–Kier alpha value is -3.12. The van der Waals surface area contributed by atoms with Crippen molar-refractivity contribution in [1.29, 1.82) is 5.26 Å². The predicted molar refractivity (Wildman–Crippen MR) is 129 cm³/mol. The molecule has 0 aliphatic heterocycles. The summed E-state index contributed by atoms with van der Waals surface area (Å²) < 4.78 is 5.19. The van der Waals surface area contributed by atoms with Gasteiger partial charge < -0.3 is 25.4 Å². The van der Waals surface area contributed by atoms with Gasteiger partial charge in [-0.1, -0.05) is 31.5 Å². The SMILES string of the molecule is CCCC(C)NC(=O)C(c1c(C)cccc1C)N(CC#N)C(=O)C(CO)NC(=O)OC(C)(C)C. The molecule has 3 atom stereocenters. The summed E-state index contributed by atoms with van der Waals surface area (Å²) in [6.45, 7) is 11.4. The smallest absolute Gasteiger partial charge is 0.408 e. The fourth-order valence-corrected chi connectivity index (χ4v) is 3.72. The number of amides is 3. The van der Waals surface area contributed by atoms with Crippen molar-refractivity contribution in [1.82, 2.24) is 15.5 Å². The van der Waals surface area contributed by atoms with E-state index in [1.54, 1.807) is 20.8 Å². The van der Waals surface area contributed by atoms with Crippen molar-refractivity contribution in [2.75, 3.05) is 13.2 Å². The van der Waals surface area contributed by atoms with Crippen LogP contribution in [-0.2, 0) is 14.3 Å². The Morgan fingerprint density at radius 2 is 1.76 bits per heavy atom. The van der Waals surface area contributed by atoms with Gasteiger partial charge in [0.25, 0.3) is 0 Å². The van der Waals surface area contributed by atoms with Gasteiger partial charge in [0.05, 0.1) is 12.7 Å². The summed E-state index contributed by atoms with van der Waals surface area (Å²) in [4.78, 5) is 40.3. The van der Waals surface area contributed by atoms with Crippen molar-refractivity contribution < 1.29 is 24.2 Å². The fraction of sp³-hybridized carbons (Fsp3) is 0.600. The maximum absolute atomic E-state index is 13.5. The maximum atomic E-state index is 13.5. The van der Waals surface area contributed by atoms with Gasteiger partial charge in [-0.25, -0.2) is 4.79 Å². The van der Waals surface area contributed by atoms with Crippen LogP contribution in [0.3, 0.4) is 0 Å². The van der Waals surface area contributed by atoms with Crippen molar-refractivity contribution in [2.45, 2.75) is 85.0 Å². The molecule has 34 heavy (non-hydrogen) atoms. The summed E-state index contributed by atoms with van der Waals surface area (Å²) >= 11 is 0. The minimum absolute atomic E-state index is 0.142. The summed E-state index contributed by atoms with van der Waals surface area (Å²) in [7, 11) is 0. The molecule has 0 radical (unpaired) electrons. The van der Waals surface area contributed by atoms with E-state index in [9.17, 15) is 24.8 Å². The van der Waals surface area contributed by atoms with Gasteiger partial charge in [0, 0.05) is 6.04 Å². The van der Waals surface area contributed by atoms with Crippen LogP contribution in [-0.4, -0.2) is 58.8 Å². The van der Waals surface area contributed by atoms with Gasteiger partial charge in [0.15, 0.2) is 0 Å². The molecule has 0 aliphatic carbocycles. The maximum Gasteiger partial charge on any atom is 0.408 e. The first-order valence-corrected chi connectivity index (χ1v) is 11.5. The standard InChI is InChI=1S/C25H38N4O5/c1-8-10-18(4)27-22(31)21(20-16(2)11-9-12-17(20)3)29(14-13-26)23(32)19(15-30)28-24(33)34-25(5,6)7/h9,11-12,18-19,21,30H,8,10,14-15H2,1-7H3,(H,27,31)(H,28,33). The molecule has 0 spiro atoms. The van der Waals surface area contributed by atoms with Crippen LogP contribution in [0.5, 0.6) is 0 Å². The molecule has 9 heteroatoms. The van der Waals surface area contributed by atoms with Crippen molar-refractivity contribution in [3.05, 3.63) is 34.9 Å². The second-order valence-electron chi connectivity index (χ2n) is 9.41. The van der Waals surface area contributed by atoms with E-state index in [4.69, 9.17) is 4.74 Å². The molecule has 1 aromatic rings. The molecule has 3 unspecified atom stereocenters. The number of rotatable bonds is 10. The van der Waals surface area contributed by atoms with E-state index >= 15 is 0 Å². The Morgan fingerprint density at radius 1 is 1.18 bits per heavy atom. The largest absolute Gasteiger partial charge is 0.444 e. The first-order chi connectivity index (χ1) is 15.9. The number of benzene rings is 1. The first-order valence-electron chi connectivity index (χ1n) is 11.5. The van der Waals surface area contributed by atoms with E-state index in [-0.39, 0.29) is 6.04 Å². The van der Waals surface area contributed by atoms with Crippen LogP contribution in [0.25, 0.3) is 0 Å². The summed E-state index contributed by atoms with van der Waals surface area (Å²) in [6.07, 6.45) is 0.723. The van der Waals surface area contributed by atoms with Gasteiger partial charge in [0.2, 0.25) is 11.8 Å². The van der Waals surface area contributed by atoms with E-state index in [0.717, 1.165) is 28.9 Å². The molecule has 0 aliphatic rings. The second kappa shape index (κ2) is 12.9. The lowest BCUT2D eigenvalue weighted by Gasteiger charge is -2.34. The van der Waals surface area contributed by atoms with Crippen molar-refractivity contribution in [2.24, 2.45) is 0 Å². The minimum atomic E-state index is -1.39. The van der Waals surface area contributed by atoms with Gasteiger partial charge in [0.1, 0.15) is 24.2 Å². The Labute approximate surface area is 202 Å². The zero-order valence-electron chi connectivity index (χ0n) is 21.3. The van der Waals surface area contributed by atoms with E-state index in [2.05, 4.69) is 10.6 Å². The number of carbonyl (C=O) groups is 3. The predicted octanol–water partition coefficient (Wildman–Crippen LogP) is 2.89. The number of aryl methyl sites for hydroxylation is 2. The van der Waals surface area contributed by atoms with Gasteiger partial charge in [-0.05, 0) is 64.7 Å². The van der Waals surface area contributed by atoms with Crippen LogP contribution in [0.2, 0.25) is 0 Å². The van der Waals surface area contributed by atoms with Crippen LogP contribution in [0, 0.1) is 25.2 Å². The highest BCUT2D eigenvalue weighted by Crippen LogP contribution is 2.28. The van der Waals surface area contributed by atoms with Gasteiger partial charge in [-0.15, -0.1) is 0 Å². The molecule has 0 saturated carbocycles. The third kappa shape index (κ3) is 8.34. The Morgan fingerprint density at radius 3 is 2.24 bits per heavy atom. The molecule has 188 valence electrons. The molecule has 0 heterocycles. The molecular formula is C25H38N4O5.